The number of nitrogens with zero attached hydrogens (tertiary/aromatic N) is 1. The smallest absolute Gasteiger partial charge is 0.287 e. The Kier molecular flexibility index (Phi) is 4.16. The van der Waals surface area contributed by atoms with Gasteiger partial charge in [-0.25, -0.2) is 4.39 Å². The van der Waals surface area contributed by atoms with Gasteiger partial charge in [0.15, 0.2) is 0 Å². The first-order valence-electron chi connectivity index (χ1n) is 4.04. The summed E-state index contributed by atoms with van der Waals surface area (Å²) >= 11 is 0. The Bertz CT molecular complexity index is 147. The second kappa shape index (κ2) is 4.26. The number of halogens is 4. The maximum atomic E-state index is 12.0. The Morgan fingerprint density at radius 3 is 1.77 bits per heavy atom. The van der Waals surface area contributed by atoms with E-state index in [1.807, 2.05) is 0 Å². The average molecular weight is 201 g/mol. The fraction of sp³-hybridized carbons (Fsp3) is 1.00. The van der Waals surface area contributed by atoms with Crippen LogP contribution >= 0.6 is 0 Å². The van der Waals surface area contributed by atoms with Gasteiger partial charge in [0.25, 0.3) is 0 Å². The second-order valence-corrected chi connectivity index (χ2v) is 3.90. The first-order valence-corrected chi connectivity index (χ1v) is 4.04. The fourth-order valence-electron chi connectivity index (χ4n) is 0.970. The highest BCUT2D eigenvalue weighted by Crippen LogP contribution is 2.22. The van der Waals surface area contributed by atoms with Crippen LogP contribution in [0.5, 0.6) is 0 Å². The lowest BCUT2D eigenvalue weighted by atomic mass is 10.1. The molecule has 0 bridgehead atoms. The molecule has 0 radical (unpaired) electrons. The van der Waals surface area contributed by atoms with Crippen LogP contribution in [0, 0.1) is 0 Å². The molecule has 5 heteroatoms. The summed E-state index contributed by atoms with van der Waals surface area (Å²) < 4.78 is 47.9. The molecule has 0 saturated heterocycles. The third kappa shape index (κ3) is 5.85. The Morgan fingerprint density at radius 2 is 1.54 bits per heavy atom. The highest BCUT2D eigenvalue weighted by Gasteiger charge is 2.34. The molecule has 0 aliphatic carbocycles. The predicted molar refractivity (Wildman–Crippen MR) is 43.4 cm³/mol. The van der Waals surface area contributed by atoms with Gasteiger partial charge < -0.3 is 0 Å². The van der Waals surface area contributed by atoms with Crippen LogP contribution in [0.25, 0.3) is 0 Å². The van der Waals surface area contributed by atoms with Crippen LogP contribution < -0.4 is 0 Å². The summed E-state index contributed by atoms with van der Waals surface area (Å²) in [6.45, 7) is 2.91. The fourth-order valence-corrected chi connectivity index (χ4v) is 0.970. The monoisotopic (exact) mass is 201 g/mol. The lowest BCUT2D eigenvalue weighted by Gasteiger charge is -2.35. The minimum atomic E-state index is -4.26. The van der Waals surface area contributed by atoms with Gasteiger partial charge >= 0.3 is 6.18 Å². The van der Waals surface area contributed by atoms with Crippen LogP contribution in [-0.4, -0.2) is 36.4 Å². The molecule has 0 rings (SSSR count). The standard InChI is InChI=1S/C8H15F4N/c1-7(2,3)13(5-4-9)6-8(10,11)12/h4-6H2,1-3H3. The van der Waals surface area contributed by atoms with E-state index in [0.717, 1.165) is 4.90 Å². The maximum absolute atomic E-state index is 12.0. The van der Waals surface area contributed by atoms with E-state index in [9.17, 15) is 17.6 Å². The number of hydrogen-bond donors (Lipinski definition) is 0. The van der Waals surface area contributed by atoms with Crippen LogP contribution in [0.15, 0.2) is 0 Å². The minimum absolute atomic E-state index is 0.178. The molecule has 80 valence electrons. The lowest BCUT2D eigenvalue weighted by Crippen LogP contribution is -2.47. The van der Waals surface area contributed by atoms with E-state index in [4.69, 9.17) is 0 Å². The van der Waals surface area contributed by atoms with E-state index in [1.54, 1.807) is 20.8 Å². The van der Waals surface area contributed by atoms with Crippen LogP contribution in [0.4, 0.5) is 17.6 Å². The molecule has 0 aromatic heterocycles. The van der Waals surface area contributed by atoms with Crippen molar-refractivity contribution >= 4 is 0 Å². The van der Waals surface area contributed by atoms with Crippen molar-refractivity contribution in [1.29, 1.82) is 0 Å². The van der Waals surface area contributed by atoms with Crippen LogP contribution in [0.1, 0.15) is 20.8 Å². The van der Waals surface area contributed by atoms with Crippen molar-refractivity contribution in [1.82, 2.24) is 4.90 Å². The summed E-state index contributed by atoms with van der Waals surface area (Å²) in [4.78, 5) is 1.08. The van der Waals surface area contributed by atoms with Gasteiger partial charge in [0.1, 0.15) is 6.67 Å². The zero-order valence-corrected chi connectivity index (χ0v) is 8.08. The van der Waals surface area contributed by atoms with Gasteiger partial charge in [-0.15, -0.1) is 0 Å². The summed E-state index contributed by atoms with van der Waals surface area (Å²) in [6, 6.07) is 0. The van der Waals surface area contributed by atoms with Crippen molar-refractivity contribution in [3.63, 3.8) is 0 Å². The van der Waals surface area contributed by atoms with E-state index in [1.165, 1.54) is 0 Å². The number of hydrogen-bond acceptors (Lipinski definition) is 1. The van der Waals surface area contributed by atoms with Gasteiger partial charge in [-0.1, -0.05) is 0 Å². The molecular formula is C8H15F4N. The summed E-state index contributed by atoms with van der Waals surface area (Å²) in [5.74, 6) is 0. The molecule has 0 N–H and O–H groups in total. The van der Waals surface area contributed by atoms with Gasteiger partial charge in [0, 0.05) is 12.1 Å². The van der Waals surface area contributed by atoms with Crippen LogP contribution in [0.3, 0.4) is 0 Å². The van der Waals surface area contributed by atoms with Gasteiger partial charge in [-0.3, -0.25) is 4.90 Å². The summed E-state index contributed by atoms with van der Waals surface area (Å²) in [5, 5.41) is 0. The minimum Gasteiger partial charge on any atom is -0.287 e. The topological polar surface area (TPSA) is 3.24 Å². The number of alkyl halides is 4. The van der Waals surface area contributed by atoms with Crippen molar-refractivity contribution in [2.75, 3.05) is 19.8 Å². The number of rotatable bonds is 3. The highest BCUT2D eigenvalue weighted by atomic mass is 19.4. The molecule has 0 unspecified atom stereocenters. The maximum Gasteiger partial charge on any atom is 0.401 e. The third-order valence-corrected chi connectivity index (χ3v) is 1.67. The second-order valence-electron chi connectivity index (χ2n) is 3.90. The summed E-state index contributed by atoms with van der Waals surface area (Å²) in [6.07, 6.45) is -4.26. The molecule has 0 amide bonds. The van der Waals surface area contributed by atoms with Gasteiger partial charge in [0.05, 0.1) is 6.54 Å². The Hall–Kier alpha value is -0.320. The molecule has 0 saturated carbocycles. The molecule has 0 aliphatic heterocycles. The zero-order chi connectivity index (χ0) is 10.7. The molecular weight excluding hydrogens is 186 g/mol. The molecule has 0 atom stereocenters. The molecule has 1 nitrogen and oxygen atoms in total. The lowest BCUT2D eigenvalue weighted by molar-refractivity contribution is -0.156. The van der Waals surface area contributed by atoms with Crippen LogP contribution in [0.2, 0.25) is 0 Å². The summed E-state index contributed by atoms with van der Waals surface area (Å²) in [7, 11) is 0. The van der Waals surface area contributed by atoms with E-state index in [-0.39, 0.29) is 6.54 Å². The molecule has 0 spiro atoms. The van der Waals surface area contributed by atoms with Crippen molar-refractivity contribution in [3.05, 3.63) is 0 Å². The Labute approximate surface area is 75.7 Å². The molecule has 13 heavy (non-hydrogen) atoms. The predicted octanol–water partition coefficient (Wildman–Crippen LogP) is 2.62. The Morgan fingerprint density at radius 1 is 1.08 bits per heavy atom. The highest BCUT2D eigenvalue weighted by molar-refractivity contribution is 4.78. The van der Waals surface area contributed by atoms with Crippen molar-refractivity contribution in [3.8, 4) is 0 Å². The zero-order valence-electron chi connectivity index (χ0n) is 8.08. The molecule has 0 aromatic rings. The van der Waals surface area contributed by atoms with Crippen molar-refractivity contribution in [2.24, 2.45) is 0 Å². The van der Waals surface area contributed by atoms with E-state index < -0.39 is 24.9 Å². The van der Waals surface area contributed by atoms with Gasteiger partial charge in [-0.05, 0) is 20.8 Å². The third-order valence-electron chi connectivity index (χ3n) is 1.67. The van der Waals surface area contributed by atoms with E-state index in [2.05, 4.69) is 0 Å². The Balaban J connectivity index is 4.27. The SMILES string of the molecule is CC(C)(C)N(CCF)CC(F)(F)F. The van der Waals surface area contributed by atoms with Crippen LogP contribution in [-0.2, 0) is 0 Å². The molecule has 0 fully saturated rings. The molecule has 0 aliphatic rings. The normalized spacial score (nSPS) is 13.8. The van der Waals surface area contributed by atoms with Gasteiger partial charge in [0.2, 0.25) is 0 Å². The van der Waals surface area contributed by atoms with Gasteiger partial charge in [-0.2, -0.15) is 13.2 Å². The van der Waals surface area contributed by atoms with E-state index in [0.29, 0.717) is 0 Å². The van der Waals surface area contributed by atoms with Crippen molar-refractivity contribution in [2.45, 2.75) is 32.5 Å². The first-order chi connectivity index (χ1) is 5.67. The quantitative estimate of drug-likeness (QED) is 0.634. The molecule has 0 heterocycles. The van der Waals surface area contributed by atoms with E-state index >= 15 is 0 Å². The first kappa shape index (κ1) is 12.7. The summed E-state index contributed by atoms with van der Waals surface area (Å²) in [5.41, 5.74) is -0.651. The molecule has 0 aromatic carbocycles. The average Bonchev–Trinajstić information content (AvgIpc) is 1.81. The largest absolute Gasteiger partial charge is 0.401 e. The van der Waals surface area contributed by atoms with Crippen molar-refractivity contribution < 1.29 is 17.6 Å².